The fourth-order valence-electron chi connectivity index (χ4n) is 2.32. The van der Waals surface area contributed by atoms with Crippen LogP contribution in [0.1, 0.15) is 17.8 Å². The molecule has 3 aromatic rings. The van der Waals surface area contributed by atoms with Crippen molar-refractivity contribution in [2.24, 2.45) is 0 Å². The lowest BCUT2D eigenvalue weighted by Gasteiger charge is -2.08. The van der Waals surface area contributed by atoms with E-state index in [2.05, 4.69) is 43.6 Å². The molecule has 0 radical (unpaired) electrons. The van der Waals surface area contributed by atoms with E-state index in [0.29, 0.717) is 11.5 Å². The summed E-state index contributed by atoms with van der Waals surface area (Å²) in [7, 11) is 0. The second kappa shape index (κ2) is 5.39. The zero-order valence-corrected chi connectivity index (χ0v) is 12.1. The molecule has 0 amide bonds. The highest BCUT2D eigenvalue weighted by Gasteiger charge is 2.07. The molecule has 0 atom stereocenters. The SMILES string of the molecule is Cc1cc(C)n(CCCNc2nc(N)nc3[nH]ncc23)n1. The van der Waals surface area contributed by atoms with Crippen molar-refractivity contribution in [2.75, 3.05) is 17.6 Å². The van der Waals surface area contributed by atoms with Gasteiger partial charge in [-0.05, 0) is 26.3 Å². The van der Waals surface area contributed by atoms with E-state index in [-0.39, 0.29) is 5.95 Å². The number of aryl methyl sites for hydroxylation is 3. The lowest BCUT2D eigenvalue weighted by Crippen LogP contribution is -2.10. The fraction of sp³-hybridized carbons (Fsp3) is 0.385. The number of nitrogens with one attached hydrogen (secondary N) is 2. The van der Waals surface area contributed by atoms with Crippen LogP contribution in [0.15, 0.2) is 12.3 Å². The highest BCUT2D eigenvalue weighted by Crippen LogP contribution is 2.18. The Bertz CT molecular complexity index is 757. The van der Waals surface area contributed by atoms with Crippen LogP contribution in [0.3, 0.4) is 0 Å². The van der Waals surface area contributed by atoms with E-state index in [0.717, 1.165) is 30.6 Å². The maximum Gasteiger partial charge on any atom is 0.224 e. The second-order valence-electron chi connectivity index (χ2n) is 4.99. The Morgan fingerprint density at radius 3 is 2.95 bits per heavy atom. The molecule has 0 aliphatic rings. The van der Waals surface area contributed by atoms with E-state index in [1.165, 1.54) is 5.69 Å². The van der Waals surface area contributed by atoms with Crippen molar-refractivity contribution >= 4 is 22.8 Å². The van der Waals surface area contributed by atoms with Crippen molar-refractivity contribution in [1.29, 1.82) is 0 Å². The van der Waals surface area contributed by atoms with E-state index >= 15 is 0 Å². The first-order valence-corrected chi connectivity index (χ1v) is 6.85. The van der Waals surface area contributed by atoms with Gasteiger partial charge in [0, 0.05) is 18.8 Å². The molecule has 3 aromatic heterocycles. The minimum atomic E-state index is 0.229. The largest absolute Gasteiger partial charge is 0.369 e. The number of hydrogen-bond acceptors (Lipinski definition) is 6. The predicted molar refractivity (Wildman–Crippen MR) is 80.9 cm³/mol. The number of fused-ring (bicyclic) bond motifs is 1. The number of H-pyrrole nitrogens is 1. The average molecular weight is 286 g/mol. The normalized spacial score (nSPS) is 11.1. The van der Waals surface area contributed by atoms with Crippen molar-refractivity contribution < 1.29 is 0 Å². The Balaban J connectivity index is 1.62. The van der Waals surface area contributed by atoms with E-state index in [9.17, 15) is 0 Å². The topological polar surface area (TPSA) is 110 Å². The molecule has 0 saturated heterocycles. The standard InChI is InChI=1S/C13H18N8/c1-8-6-9(2)21(20-8)5-3-4-15-11-10-7-16-19-12(10)18-13(14)17-11/h6-7H,3-5H2,1-2H3,(H4,14,15,16,17,18,19). The van der Waals surface area contributed by atoms with Gasteiger partial charge in [-0.2, -0.15) is 20.2 Å². The third kappa shape index (κ3) is 2.78. The molecular formula is C13H18N8. The van der Waals surface area contributed by atoms with Crippen LogP contribution >= 0.6 is 0 Å². The molecular weight excluding hydrogens is 268 g/mol. The molecule has 0 fully saturated rings. The molecule has 0 spiro atoms. The summed E-state index contributed by atoms with van der Waals surface area (Å²) < 4.78 is 2.01. The first-order chi connectivity index (χ1) is 10.1. The van der Waals surface area contributed by atoms with Crippen molar-refractivity contribution in [3.63, 3.8) is 0 Å². The number of nitrogens with zero attached hydrogens (tertiary/aromatic N) is 5. The van der Waals surface area contributed by atoms with Crippen LogP contribution in [0.25, 0.3) is 11.0 Å². The zero-order chi connectivity index (χ0) is 14.8. The van der Waals surface area contributed by atoms with Gasteiger partial charge in [0.25, 0.3) is 0 Å². The summed E-state index contributed by atoms with van der Waals surface area (Å²) in [5.41, 5.74) is 8.54. The Kier molecular flexibility index (Phi) is 3.43. The van der Waals surface area contributed by atoms with Gasteiger partial charge in [0.15, 0.2) is 5.65 Å². The molecule has 0 saturated carbocycles. The summed E-state index contributed by atoms with van der Waals surface area (Å²) in [4.78, 5) is 8.29. The molecule has 3 heterocycles. The van der Waals surface area contributed by atoms with Gasteiger partial charge in [0.05, 0.1) is 17.3 Å². The van der Waals surface area contributed by atoms with Crippen LogP contribution < -0.4 is 11.1 Å². The third-order valence-corrected chi connectivity index (χ3v) is 3.27. The molecule has 110 valence electrons. The fourth-order valence-corrected chi connectivity index (χ4v) is 2.32. The minimum Gasteiger partial charge on any atom is -0.369 e. The zero-order valence-electron chi connectivity index (χ0n) is 12.1. The molecule has 4 N–H and O–H groups in total. The van der Waals surface area contributed by atoms with Crippen molar-refractivity contribution in [3.8, 4) is 0 Å². The quantitative estimate of drug-likeness (QED) is 0.609. The monoisotopic (exact) mass is 286 g/mol. The van der Waals surface area contributed by atoms with Crippen LogP contribution in [0, 0.1) is 13.8 Å². The highest BCUT2D eigenvalue weighted by molar-refractivity contribution is 5.86. The Morgan fingerprint density at radius 2 is 2.19 bits per heavy atom. The van der Waals surface area contributed by atoms with E-state index in [1.54, 1.807) is 6.20 Å². The van der Waals surface area contributed by atoms with Gasteiger partial charge in [-0.3, -0.25) is 9.78 Å². The van der Waals surface area contributed by atoms with Crippen LogP contribution in [0.2, 0.25) is 0 Å². The number of nitrogens with two attached hydrogens (primary N) is 1. The Morgan fingerprint density at radius 1 is 1.33 bits per heavy atom. The summed E-state index contributed by atoms with van der Waals surface area (Å²) in [5.74, 6) is 0.937. The lowest BCUT2D eigenvalue weighted by molar-refractivity contribution is 0.573. The van der Waals surface area contributed by atoms with Gasteiger partial charge >= 0.3 is 0 Å². The van der Waals surface area contributed by atoms with Crippen LogP contribution in [0.5, 0.6) is 0 Å². The van der Waals surface area contributed by atoms with E-state index in [1.807, 2.05) is 11.6 Å². The molecule has 21 heavy (non-hydrogen) atoms. The minimum absolute atomic E-state index is 0.229. The van der Waals surface area contributed by atoms with Crippen LogP contribution in [-0.4, -0.2) is 36.5 Å². The van der Waals surface area contributed by atoms with E-state index < -0.39 is 0 Å². The molecule has 3 rings (SSSR count). The van der Waals surface area contributed by atoms with Gasteiger partial charge < -0.3 is 11.1 Å². The number of aromatic amines is 1. The van der Waals surface area contributed by atoms with Gasteiger partial charge in [-0.25, -0.2) is 0 Å². The van der Waals surface area contributed by atoms with Crippen molar-refractivity contribution in [2.45, 2.75) is 26.8 Å². The Hall–Kier alpha value is -2.64. The second-order valence-corrected chi connectivity index (χ2v) is 4.99. The number of anilines is 2. The lowest BCUT2D eigenvalue weighted by atomic mass is 10.3. The maximum absolute atomic E-state index is 5.68. The van der Waals surface area contributed by atoms with Gasteiger partial charge in [0.2, 0.25) is 5.95 Å². The molecule has 8 nitrogen and oxygen atoms in total. The van der Waals surface area contributed by atoms with Gasteiger partial charge in [-0.1, -0.05) is 0 Å². The Labute approximate surface area is 121 Å². The molecule has 0 aromatic carbocycles. The first kappa shape index (κ1) is 13.3. The third-order valence-electron chi connectivity index (χ3n) is 3.27. The van der Waals surface area contributed by atoms with Crippen LogP contribution in [-0.2, 0) is 6.54 Å². The van der Waals surface area contributed by atoms with Crippen molar-refractivity contribution in [1.82, 2.24) is 29.9 Å². The average Bonchev–Trinajstić information content (AvgIpc) is 3.01. The molecule has 0 aliphatic heterocycles. The van der Waals surface area contributed by atoms with Crippen LogP contribution in [0.4, 0.5) is 11.8 Å². The number of nitrogen functional groups attached to an aromatic ring is 1. The smallest absolute Gasteiger partial charge is 0.224 e. The molecule has 8 heteroatoms. The summed E-state index contributed by atoms with van der Waals surface area (Å²) in [6.07, 6.45) is 2.63. The highest BCUT2D eigenvalue weighted by atomic mass is 15.3. The van der Waals surface area contributed by atoms with E-state index in [4.69, 9.17) is 5.73 Å². The van der Waals surface area contributed by atoms with Gasteiger partial charge in [0.1, 0.15) is 5.82 Å². The number of aromatic nitrogens is 6. The number of rotatable bonds is 5. The summed E-state index contributed by atoms with van der Waals surface area (Å²) in [5, 5.41) is 15.3. The van der Waals surface area contributed by atoms with Crippen molar-refractivity contribution in [3.05, 3.63) is 23.7 Å². The molecule has 0 bridgehead atoms. The van der Waals surface area contributed by atoms with Gasteiger partial charge in [-0.15, -0.1) is 0 Å². The number of hydrogen-bond donors (Lipinski definition) is 3. The molecule has 0 aliphatic carbocycles. The molecule has 0 unspecified atom stereocenters. The summed E-state index contributed by atoms with van der Waals surface area (Å²) in [6.45, 7) is 5.70. The first-order valence-electron chi connectivity index (χ1n) is 6.85. The predicted octanol–water partition coefficient (Wildman–Crippen LogP) is 1.25. The summed E-state index contributed by atoms with van der Waals surface area (Å²) in [6, 6.07) is 2.08. The summed E-state index contributed by atoms with van der Waals surface area (Å²) >= 11 is 0. The maximum atomic E-state index is 5.68.